The minimum absolute atomic E-state index is 0.175. The Labute approximate surface area is 139 Å². The van der Waals surface area contributed by atoms with Gasteiger partial charge in [-0.2, -0.15) is 8.42 Å². The van der Waals surface area contributed by atoms with Crippen LogP contribution in [0.4, 0.5) is 11.4 Å². The Hall–Kier alpha value is -2.03. The van der Waals surface area contributed by atoms with Crippen molar-refractivity contribution < 1.29 is 13.2 Å². The van der Waals surface area contributed by atoms with Crippen LogP contribution in [0.25, 0.3) is 0 Å². The third-order valence-electron chi connectivity index (χ3n) is 2.86. The molecule has 0 saturated carbocycles. The van der Waals surface area contributed by atoms with Gasteiger partial charge in [-0.3, -0.25) is 9.52 Å². The number of thioether (sulfide) groups is 1. The first-order valence-electron chi connectivity index (χ1n) is 6.72. The molecule has 6 nitrogen and oxygen atoms in total. The maximum atomic E-state index is 12.0. The average molecular weight is 351 g/mol. The van der Waals surface area contributed by atoms with Crippen molar-refractivity contribution in [1.82, 2.24) is 0 Å². The van der Waals surface area contributed by atoms with Gasteiger partial charge >= 0.3 is 0 Å². The molecule has 23 heavy (non-hydrogen) atoms. The van der Waals surface area contributed by atoms with Crippen LogP contribution in [-0.4, -0.2) is 20.1 Å². The lowest BCUT2D eigenvalue weighted by Crippen LogP contribution is -2.21. The third-order valence-corrected chi connectivity index (χ3v) is 4.55. The number of benzene rings is 2. The summed E-state index contributed by atoms with van der Waals surface area (Å²) in [7, 11) is -3.84. The molecule has 1 amide bonds. The average Bonchev–Trinajstić information content (AvgIpc) is 2.45. The molecule has 0 saturated heterocycles. The predicted molar refractivity (Wildman–Crippen MR) is 93.7 cm³/mol. The maximum Gasteiger partial charge on any atom is 0.296 e. The van der Waals surface area contributed by atoms with Gasteiger partial charge < -0.3 is 5.32 Å². The first-order chi connectivity index (χ1) is 10.8. The molecule has 0 unspecified atom stereocenters. The Kier molecular flexibility index (Phi) is 5.64. The largest absolute Gasteiger partial charge is 0.325 e. The summed E-state index contributed by atoms with van der Waals surface area (Å²) in [5.74, 6) is 0.0866. The third kappa shape index (κ3) is 5.93. The van der Waals surface area contributed by atoms with Crippen LogP contribution in [0.3, 0.4) is 0 Å². The lowest BCUT2D eigenvalue weighted by molar-refractivity contribution is -0.113. The second kappa shape index (κ2) is 7.49. The van der Waals surface area contributed by atoms with E-state index in [1.807, 2.05) is 31.2 Å². The molecule has 2 aromatic carbocycles. The molecular weight excluding hydrogens is 334 g/mol. The zero-order chi connectivity index (χ0) is 16.9. The van der Waals surface area contributed by atoms with Crippen LogP contribution in [0.1, 0.15) is 5.56 Å². The van der Waals surface area contributed by atoms with Crippen molar-refractivity contribution in [2.45, 2.75) is 11.8 Å². The fraction of sp³-hybridized carbons (Fsp3) is 0.133. The van der Waals surface area contributed by atoms with Gasteiger partial charge in [-0.25, -0.2) is 5.14 Å². The molecule has 2 rings (SSSR count). The van der Waals surface area contributed by atoms with Crippen molar-refractivity contribution in [3.8, 4) is 0 Å². The Bertz CT molecular complexity index is 807. The minimum Gasteiger partial charge on any atom is -0.325 e. The first kappa shape index (κ1) is 17.3. The number of carbonyl (C=O) groups is 1. The number of hydrogen-bond acceptors (Lipinski definition) is 4. The molecule has 8 heteroatoms. The van der Waals surface area contributed by atoms with E-state index >= 15 is 0 Å². The molecule has 0 bridgehead atoms. The molecule has 0 aliphatic heterocycles. The van der Waals surface area contributed by atoms with E-state index in [1.54, 1.807) is 18.2 Å². The van der Waals surface area contributed by atoms with Gasteiger partial charge in [0.1, 0.15) is 0 Å². The molecular formula is C15H17N3O3S2. The Morgan fingerprint density at radius 2 is 1.83 bits per heavy atom. The molecule has 0 aromatic heterocycles. The lowest BCUT2D eigenvalue weighted by atomic mass is 10.2. The SMILES string of the molecule is Cc1ccccc1SCC(=O)Nc1cccc(NS(N)(=O)=O)c1. The second-order valence-electron chi connectivity index (χ2n) is 4.83. The number of amides is 1. The van der Waals surface area contributed by atoms with Crippen LogP contribution in [-0.2, 0) is 15.0 Å². The summed E-state index contributed by atoms with van der Waals surface area (Å²) in [6.07, 6.45) is 0. The normalized spacial score (nSPS) is 11.0. The Morgan fingerprint density at radius 1 is 1.13 bits per heavy atom. The van der Waals surface area contributed by atoms with E-state index in [4.69, 9.17) is 5.14 Å². The number of rotatable bonds is 6. The quantitative estimate of drug-likeness (QED) is 0.695. The number of anilines is 2. The van der Waals surface area contributed by atoms with Crippen molar-refractivity contribution in [1.29, 1.82) is 0 Å². The highest BCUT2D eigenvalue weighted by Gasteiger charge is 2.07. The molecule has 0 atom stereocenters. The Balaban J connectivity index is 1.95. The number of aryl methyl sites for hydroxylation is 1. The molecule has 4 N–H and O–H groups in total. The fourth-order valence-electron chi connectivity index (χ4n) is 1.88. The first-order valence-corrected chi connectivity index (χ1v) is 9.25. The number of hydrogen-bond donors (Lipinski definition) is 3. The maximum absolute atomic E-state index is 12.0. The summed E-state index contributed by atoms with van der Waals surface area (Å²) in [6.45, 7) is 1.99. The monoisotopic (exact) mass is 351 g/mol. The highest BCUT2D eigenvalue weighted by molar-refractivity contribution is 8.00. The molecule has 122 valence electrons. The Morgan fingerprint density at radius 3 is 2.52 bits per heavy atom. The van der Waals surface area contributed by atoms with E-state index in [0.717, 1.165) is 10.5 Å². The van der Waals surface area contributed by atoms with Crippen LogP contribution < -0.4 is 15.2 Å². The topological polar surface area (TPSA) is 101 Å². The zero-order valence-corrected chi connectivity index (χ0v) is 14.1. The van der Waals surface area contributed by atoms with Crippen molar-refractivity contribution >= 4 is 39.3 Å². The number of carbonyl (C=O) groups excluding carboxylic acids is 1. The van der Waals surface area contributed by atoms with Gasteiger partial charge in [0.05, 0.1) is 11.4 Å². The van der Waals surface area contributed by atoms with E-state index in [9.17, 15) is 13.2 Å². The molecule has 0 aliphatic rings. The van der Waals surface area contributed by atoms with Crippen LogP contribution in [0.2, 0.25) is 0 Å². The minimum atomic E-state index is -3.84. The van der Waals surface area contributed by atoms with Gasteiger partial charge in [-0.15, -0.1) is 11.8 Å². The van der Waals surface area contributed by atoms with Gasteiger partial charge in [0, 0.05) is 10.6 Å². The van der Waals surface area contributed by atoms with Crippen molar-refractivity contribution in [3.63, 3.8) is 0 Å². The smallest absolute Gasteiger partial charge is 0.296 e. The predicted octanol–water partition coefficient (Wildman–Crippen LogP) is 2.34. The van der Waals surface area contributed by atoms with Gasteiger partial charge in [0.2, 0.25) is 5.91 Å². The highest BCUT2D eigenvalue weighted by Crippen LogP contribution is 2.22. The summed E-state index contributed by atoms with van der Waals surface area (Å²) in [5.41, 5.74) is 1.90. The van der Waals surface area contributed by atoms with E-state index in [2.05, 4.69) is 10.0 Å². The number of nitrogens with one attached hydrogen (secondary N) is 2. The zero-order valence-electron chi connectivity index (χ0n) is 12.4. The van der Waals surface area contributed by atoms with Crippen molar-refractivity contribution in [3.05, 3.63) is 54.1 Å². The molecule has 0 fully saturated rings. The molecule has 0 radical (unpaired) electrons. The summed E-state index contributed by atoms with van der Waals surface area (Å²) in [6, 6.07) is 14.2. The molecule has 0 heterocycles. The van der Waals surface area contributed by atoms with Gasteiger partial charge in [0.15, 0.2) is 0 Å². The van der Waals surface area contributed by atoms with Gasteiger partial charge in [-0.1, -0.05) is 24.3 Å². The summed E-state index contributed by atoms with van der Waals surface area (Å²) >= 11 is 1.45. The second-order valence-corrected chi connectivity index (χ2v) is 7.14. The van der Waals surface area contributed by atoms with Crippen LogP contribution in [0, 0.1) is 6.92 Å². The molecule has 2 aromatic rings. The summed E-state index contributed by atoms with van der Waals surface area (Å²) < 4.78 is 24.2. The summed E-state index contributed by atoms with van der Waals surface area (Å²) in [4.78, 5) is 13.0. The van der Waals surface area contributed by atoms with Crippen LogP contribution in [0.5, 0.6) is 0 Å². The van der Waals surface area contributed by atoms with E-state index in [0.29, 0.717) is 5.69 Å². The summed E-state index contributed by atoms with van der Waals surface area (Å²) in [5, 5.41) is 7.64. The van der Waals surface area contributed by atoms with Crippen LogP contribution >= 0.6 is 11.8 Å². The lowest BCUT2D eigenvalue weighted by Gasteiger charge is -2.09. The molecule has 0 aliphatic carbocycles. The van der Waals surface area contributed by atoms with Gasteiger partial charge in [0.25, 0.3) is 10.2 Å². The number of nitrogens with two attached hydrogens (primary N) is 1. The highest BCUT2D eigenvalue weighted by atomic mass is 32.2. The fourth-order valence-corrected chi connectivity index (χ4v) is 3.17. The molecule has 0 spiro atoms. The van der Waals surface area contributed by atoms with E-state index in [-0.39, 0.29) is 17.3 Å². The van der Waals surface area contributed by atoms with Crippen molar-refractivity contribution in [2.24, 2.45) is 5.14 Å². The van der Waals surface area contributed by atoms with E-state index in [1.165, 1.54) is 17.8 Å². The van der Waals surface area contributed by atoms with Crippen LogP contribution in [0.15, 0.2) is 53.4 Å². The van der Waals surface area contributed by atoms with Gasteiger partial charge in [-0.05, 0) is 36.8 Å². The van der Waals surface area contributed by atoms with E-state index < -0.39 is 10.2 Å². The van der Waals surface area contributed by atoms with Crippen molar-refractivity contribution in [2.75, 3.05) is 15.8 Å². The standard InChI is InChI=1S/C15H17N3O3S2/c1-11-5-2-3-8-14(11)22-10-15(19)17-12-6-4-7-13(9-12)18-23(16,20)21/h2-9,18H,10H2,1H3,(H,17,19)(H2,16,20,21).